The zero-order valence-corrected chi connectivity index (χ0v) is 12.6. The van der Waals surface area contributed by atoms with Gasteiger partial charge < -0.3 is 4.90 Å². The first-order chi connectivity index (χ1) is 10.0. The van der Waals surface area contributed by atoms with Crippen molar-refractivity contribution >= 4 is 5.78 Å². The molecular formula is C16H22F2N2O. The van der Waals surface area contributed by atoms with Crippen LogP contribution >= 0.6 is 0 Å². The first-order valence-electron chi connectivity index (χ1n) is 7.42. The standard InChI is InChI=1S/C16H22F2N2O/c1-3-12-10-19(2)8-5-9-20(12)11-15(21)16-13(17)6-4-7-14(16)18/h4,6-7,12H,3,5,8-11H2,1-2H3. The summed E-state index contributed by atoms with van der Waals surface area (Å²) in [6, 6.07) is 3.78. The van der Waals surface area contributed by atoms with E-state index in [9.17, 15) is 13.6 Å². The zero-order chi connectivity index (χ0) is 15.4. The molecule has 1 saturated heterocycles. The molecule has 0 spiro atoms. The van der Waals surface area contributed by atoms with Crippen LogP contribution in [0.3, 0.4) is 0 Å². The van der Waals surface area contributed by atoms with Crippen LogP contribution in [0.4, 0.5) is 8.78 Å². The number of halogens is 2. The number of Topliss-reactive ketones (excluding diaryl/α,β-unsaturated/α-hetero) is 1. The van der Waals surface area contributed by atoms with E-state index in [1.165, 1.54) is 6.07 Å². The van der Waals surface area contributed by atoms with Gasteiger partial charge in [0.2, 0.25) is 0 Å². The molecule has 0 aliphatic carbocycles. The summed E-state index contributed by atoms with van der Waals surface area (Å²) in [6.45, 7) is 4.79. The maximum atomic E-state index is 13.7. The van der Waals surface area contributed by atoms with Gasteiger partial charge in [-0.2, -0.15) is 0 Å². The molecule has 1 heterocycles. The molecule has 0 aromatic heterocycles. The molecule has 1 fully saturated rings. The predicted molar refractivity (Wildman–Crippen MR) is 78.5 cm³/mol. The second-order valence-corrected chi connectivity index (χ2v) is 5.67. The van der Waals surface area contributed by atoms with Gasteiger partial charge in [-0.05, 0) is 38.6 Å². The summed E-state index contributed by atoms with van der Waals surface area (Å²) in [7, 11) is 2.06. The number of carbonyl (C=O) groups excluding carboxylic acids is 1. The van der Waals surface area contributed by atoms with Gasteiger partial charge in [0.15, 0.2) is 5.78 Å². The number of nitrogens with zero attached hydrogens (tertiary/aromatic N) is 2. The second-order valence-electron chi connectivity index (χ2n) is 5.67. The van der Waals surface area contributed by atoms with Gasteiger partial charge in [-0.15, -0.1) is 0 Å². The Bertz CT molecular complexity index is 487. The largest absolute Gasteiger partial charge is 0.305 e. The third-order valence-electron chi connectivity index (χ3n) is 4.08. The topological polar surface area (TPSA) is 23.6 Å². The molecule has 21 heavy (non-hydrogen) atoms. The number of benzene rings is 1. The van der Waals surface area contributed by atoms with Crippen molar-refractivity contribution in [3.05, 3.63) is 35.4 Å². The van der Waals surface area contributed by atoms with E-state index in [0.717, 1.165) is 44.6 Å². The van der Waals surface area contributed by atoms with E-state index in [1.54, 1.807) is 0 Å². The Labute approximate surface area is 124 Å². The van der Waals surface area contributed by atoms with Gasteiger partial charge in [0.25, 0.3) is 0 Å². The normalized spacial score (nSPS) is 21.2. The van der Waals surface area contributed by atoms with E-state index in [-0.39, 0.29) is 12.6 Å². The van der Waals surface area contributed by atoms with Crippen molar-refractivity contribution in [2.45, 2.75) is 25.8 Å². The minimum Gasteiger partial charge on any atom is -0.305 e. The molecule has 1 atom stereocenters. The summed E-state index contributed by atoms with van der Waals surface area (Å²) < 4.78 is 27.4. The van der Waals surface area contributed by atoms with Gasteiger partial charge in [-0.3, -0.25) is 9.69 Å². The van der Waals surface area contributed by atoms with Crippen molar-refractivity contribution in [1.29, 1.82) is 0 Å². The zero-order valence-electron chi connectivity index (χ0n) is 12.6. The Morgan fingerprint density at radius 1 is 1.29 bits per heavy atom. The lowest BCUT2D eigenvalue weighted by molar-refractivity contribution is 0.0879. The number of carbonyl (C=O) groups is 1. The molecule has 2 rings (SSSR count). The van der Waals surface area contributed by atoms with E-state index in [4.69, 9.17) is 0 Å². The number of likely N-dealkylation sites (N-methyl/N-ethyl adjacent to an activating group) is 1. The van der Waals surface area contributed by atoms with Gasteiger partial charge in [-0.1, -0.05) is 13.0 Å². The highest BCUT2D eigenvalue weighted by Gasteiger charge is 2.26. The van der Waals surface area contributed by atoms with Gasteiger partial charge in [0.05, 0.1) is 12.1 Å². The lowest BCUT2D eigenvalue weighted by Crippen LogP contribution is -2.42. The highest BCUT2D eigenvalue weighted by molar-refractivity contribution is 5.98. The van der Waals surface area contributed by atoms with Crippen LogP contribution < -0.4 is 0 Å². The predicted octanol–water partition coefficient (Wildman–Crippen LogP) is 2.56. The molecule has 0 N–H and O–H groups in total. The molecule has 0 saturated carbocycles. The van der Waals surface area contributed by atoms with Crippen LogP contribution in [0.1, 0.15) is 30.1 Å². The lowest BCUT2D eigenvalue weighted by atomic mass is 10.1. The van der Waals surface area contributed by atoms with Crippen LogP contribution in [0.25, 0.3) is 0 Å². The minimum atomic E-state index is -0.778. The average molecular weight is 296 g/mol. The maximum Gasteiger partial charge on any atom is 0.182 e. The summed E-state index contributed by atoms with van der Waals surface area (Å²) in [6.07, 6.45) is 1.87. The van der Waals surface area contributed by atoms with Crippen molar-refractivity contribution in [3.8, 4) is 0 Å². The van der Waals surface area contributed by atoms with Crippen molar-refractivity contribution < 1.29 is 13.6 Å². The summed E-state index contributed by atoms with van der Waals surface area (Å²) >= 11 is 0. The molecule has 116 valence electrons. The van der Waals surface area contributed by atoms with E-state index >= 15 is 0 Å². The van der Waals surface area contributed by atoms with Crippen molar-refractivity contribution in [2.75, 3.05) is 33.2 Å². The highest BCUT2D eigenvalue weighted by atomic mass is 19.1. The van der Waals surface area contributed by atoms with Gasteiger partial charge >= 0.3 is 0 Å². The summed E-state index contributed by atoms with van der Waals surface area (Å²) in [4.78, 5) is 16.6. The molecule has 0 radical (unpaired) electrons. The third kappa shape index (κ3) is 3.86. The molecule has 3 nitrogen and oxygen atoms in total. The number of hydrogen-bond donors (Lipinski definition) is 0. The molecule has 0 amide bonds. The van der Waals surface area contributed by atoms with E-state index in [2.05, 4.69) is 23.8 Å². The second kappa shape index (κ2) is 7.09. The number of ketones is 1. The van der Waals surface area contributed by atoms with E-state index in [1.807, 2.05) is 0 Å². The Morgan fingerprint density at radius 2 is 1.95 bits per heavy atom. The van der Waals surface area contributed by atoms with Crippen molar-refractivity contribution in [1.82, 2.24) is 9.80 Å². The average Bonchev–Trinajstić information content (AvgIpc) is 2.60. The first kappa shape index (κ1) is 16.0. The smallest absolute Gasteiger partial charge is 0.182 e. The Kier molecular flexibility index (Phi) is 5.42. The van der Waals surface area contributed by atoms with Crippen molar-refractivity contribution in [3.63, 3.8) is 0 Å². The number of rotatable bonds is 4. The Hall–Kier alpha value is -1.33. The SMILES string of the molecule is CCC1CN(C)CCCN1CC(=O)c1c(F)cccc1F. The Morgan fingerprint density at radius 3 is 2.57 bits per heavy atom. The fourth-order valence-electron chi connectivity index (χ4n) is 2.92. The van der Waals surface area contributed by atoms with Crippen molar-refractivity contribution in [2.24, 2.45) is 0 Å². The van der Waals surface area contributed by atoms with Gasteiger partial charge in [0.1, 0.15) is 11.6 Å². The highest BCUT2D eigenvalue weighted by Crippen LogP contribution is 2.16. The quantitative estimate of drug-likeness (QED) is 0.798. The third-order valence-corrected chi connectivity index (χ3v) is 4.08. The molecule has 1 aliphatic rings. The molecule has 1 unspecified atom stereocenters. The molecule has 1 aromatic carbocycles. The van der Waals surface area contributed by atoms with Crippen LogP contribution in [0.2, 0.25) is 0 Å². The summed E-state index contributed by atoms with van der Waals surface area (Å²) in [5.41, 5.74) is -0.412. The van der Waals surface area contributed by atoms with Crippen LogP contribution in [-0.2, 0) is 0 Å². The first-order valence-corrected chi connectivity index (χ1v) is 7.42. The van der Waals surface area contributed by atoms with Gasteiger partial charge in [-0.25, -0.2) is 8.78 Å². The fourth-order valence-corrected chi connectivity index (χ4v) is 2.92. The maximum absolute atomic E-state index is 13.7. The molecule has 5 heteroatoms. The van der Waals surface area contributed by atoms with Gasteiger partial charge in [0, 0.05) is 19.1 Å². The van der Waals surface area contributed by atoms with Crippen LogP contribution in [0.15, 0.2) is 18.2 Å². The molecular weight excluding hydrogens is 274 g/mol. The van der Waals surface area contributed by atoms with Crippen LogP contribution in [-0.4, -0.2) is 54.9 Å². The van der Waals surface area contributed by atoms with Crippen LogP contribution in [0, 0.1) is 11.6 Å². The molecule has 1 aromatic rings. The van der Waals surface area contributed by atoms with Crippen LogP contribution in [0.5, 0.6) is 0 Å². The lowest BCUT2D eigenvalue weighted by Gasteiger charge is -2.29. The molecule has 1 aliphatic heterocycles. The van der Waals surface area contributed by atoms with E-state index < -0.39 is 23.0 Å². The fraction of sp³-hybridized carbons (Fsp3) is 0.562. The number of hydrogen-bond acceptors (Lipinski definition) is 3. The van der Waals surface area contributed by atoms with E-state index in [0.29, 0.717) is 0 Å². The summed E-state index contributed by atoms with van der Waals surface area (Å²) in [5, 5.41) is 0. The summed E-state index contributed by atoms with van der Waals surface area (Å²) in [5.74, 6) is -2.03. The molecule has 0 bridgehead atoms. The Balaban J connectivity index is 2.14. The monoisotopic (exact) mass is 296 g/mol. The minimum absolute atomic E-state index is 0.0736.